The van der Waals surface area contributed by atoms with E-state index in [0.717, 1.165) is 61.8 Å². The maximum atomic E-state index is 12.4. The van der Waals surface area contributed by atoms with Crippen LogP contribution < -0.4 is 9.64 Å². The van der Waals surface area contributed by atoms with Gasteiger partial charge in [-0.15, -0.1) is 12.6 Å². The van der Waals surface area contributed by atoms with Crippen LogP contribution in [0.1, 0.15) is 5.56 Å². The fourth-order valence-electron chi connectivity index (χ4n) is 6.34. The van der Waals surface area contributed by atoms with Gasteiger partial charge in [-0.2, -0.15) is 13.2 Å². The molecule has 356 valence electrons. The number of nitrogens with zero attached hydrogens (tertiary/aromatic N) is 5. The van der Waals surface area contributed by atoms with Crippen LogP contribution in [0.4, 0.5) is 41.6 Å². The number of alkyl halides is 3. The maximum absolute atomic E-state index is 12.4. The summed E-state index contributed by atoms with van der Waals surface area (Å²) in [6.07, 6.45) is -4.37. The molecule has 0 aliphatic rings. The quantitative estimate of drug-likeness (QED) is 0.0785. The number of hydrogen-bond donors (Lipinski definition) is 1. The van der Waals surface area contributed by atoms with Gasteiger partial charge in [-0.05, 0) is 142 Å². The predicted molar refractivity (Wildman–Crippen MR) is 267 cm³/mol. The Kier molecular flexibility index (Phi) is 18.0. The molecule has 0 unspecified atom stereocenters. The van der Waals surface area contributed by atoms with E-state index < -0.39 is 26.5 Å². The first-order chi connectivity index (χ1) is 33.3. The van der Waals surface area contributed by atoms with E-state index in [1.165, 1.54) is 72.8 Å². The van der Waals surface area contributed by atoms with E-state index in [-0.39, 0.29) is 27.7 Å². The van der Waals surface area contributed by atoms with Crippen molar-refractivity contribution in [2.45, 2.75) is 11.1 Å². The summed E-state index contributed by atoms with van der Waals surface area (Å²) >= 11 is 4.20. The molecule has 0 aliphatic heterocycles. The molecule has 0 fully saturated rings. The molecule has 0 saturated carbocycles. The molecule has 0 heterocycles. The largest absolute Gasteiger partial charge is 0.497 e. The summed E-state index contributed by atoms with van der Waals surface area (Å²) in [5.74, 6) is 0.788. The molecule has 0 amide bonds. The van der Waals surface area contributed by atoms with Crippen LogP contribution in [0.2, 0.25) is 0 Å². The fourth-order valence-corrected chi connectivity index (χ4v) is 6.49. The van der Waals surface area contributed by atoms with Gasteiger partial charge in [0.25, 0.3) is 22.7 Å². The van der Waals surface area contributed by atoms with Crippen molar-refractivity contribution in [1.29, 1.82) is 0 Å². The summed E-state index contributed by atoms with van der Waals surface area (Å²) in [5.41, 5.74) is 7.81. The fraction of sp³-hybridized carbons (Fsp3) is 0.0769. The summed E-state index contributed by atoms with van der Waals surface area (Å²) in [5, 5.41) is 42.1. The van der Waals surface area contributed by atoms with Crippen LogP contribution in [0.5, 0.6) is 5.75 Å². The van der Waals surface area contributed by atoms with Crippen molar-refractivity contribution in [3.8, 4) is 50.3 Å². The molecule has 0 radical (unpaired) electrons. The molecule has 8 aromatic rings. The molecule has 0 saturated heterocycles. The second kappa shape index (κ2) is 24.2. The molecule has 14 nitrogen and oxygen atoms in total. The SMILES string of the molecule is CN(C)c1ccc(-c2ccc([N+](=O)[O-])cc2)cc1.COc1ccc(-c2ccc([N+](=O)[O-])cc2)cc1.O=[N+]([O-])c1ccc(-c2ccc(C(F)(F)F)cc2)cc1.O=[N+]([O-])c1ccc(-c2ccc(S)cc2)cc1. The van der Waals surface area contributed by atoms with E-state index in [4.69, 9.17) is 4.74 Å². The van der Waals surface area contributed by atoms with Crippen molar-refractivity contribution in [2.75, 3.05) is 26.1 Å². The zero-order chi connectivity index (χ0) is 51.0. The monoisotopic (exact) mass is 969 g/mol. The molecule has 0 aromatic heterocycles. The number of nitro benzene ring substituents is 4. The highest BCUT2D eigenvalue weighted by molar-refractivity contribution is 7.80. The van der Waals surface area contributed by atoms with Crippen LogP contribution in [0.3, 0.4) is 0 Å². The number of ether oxygens (including phenoxy) is 1. The number of rotatable bonds is 10. The van der Waals surface area contributed by atoms with Crippen molar-refractivity contribution < 1.29 is 37.6 Å². The molecule has 8 aromatic carbocycles. The van der Waals surface area contributed by atoms with Gasteiger partial charge in [0.15, 0.2) is 0 Å². The van der Waals surface area contributed by atoms with Gasteiger partial charge in [-0.25, -0.2) is 0 Å². The number of methoxy groups -OCH3 is 1. The molecule has 0 atom stereocenters. The van der Waals surface area contributed by atoms with E-state index in [1.807, 2.05) is 91.8 Å². The van der Waals surface area contributed by atoms with E-state index >= 15 is 0 Å². The topological polar surface area (TPSA) is 185 Å². The first kappa shape index (κ1) is 52.1. The Balaban J connectivity index is 0.000000174. The molecule has 0 spiro atoms. The lowest BCUT2D eigenvalue weighted by Gasteiger charge is -2.12. The molecule has 0 N–H and O–H groups in total. The zero-order valence-corrected chi connectivity index (χ0v) is 38.4. The van der Waals surface area contributed by atoms with E-state index in [1.54, 1.807) is 43.5 Å². The van der Waals surface area contributed by atoms with Crippen LogP contribution >= 0.6 is 12.6 Å². The number of thiol groups is 1. The normalized spacial score (nSPS) is 10.4. The number of non-ortho nitro benzene ring substituents is 4. The second-order valence-corrected chi connectivity index (χ2v) is 15.5. The Morgan fingerprint density at radius 3 is 0.857 bits per heavy atom. The molecule has 70 heavy (non-hydrogen) atoms. The maximum Gasteiger partial charge on any atom is 0.416 e. The van der Waals surface area contributed by atoms with Crippen LogP contribution in [0, 0.1) is 40.5 Å². The third-order valence-electron chi connectivity index (χ3n) is 10.2. The zero-order valence-electron chi connectivity index (χ0n) is 37.5. The number of anilines is 1. The summed E-state index contributed by atoms with van der Waals surface area (Å²) in [4.78, 5) is 43.3. The highest BCUT2D eigenvalue weighted by Crippen LogP contribution is 2.32. The van der Waals surface area contributed by atoms with Crippen molar-refractivity contribution >= 4 is 41.1 Å². The number of benzene rings is 8. The Morgan fingerprint density at radius 2 is 0.629 bits per heavy atom. The summed E-state index contributed by atoms with van der Waals surface area (Å²) in [7, 11) is 5.59. The average molecular weight is 970 g/mol. The van der Waals surface area contributed by atoms with Gasteiger partial charge in [-0.3, -0.25) is 40.5 Å². The number of nitro groups is 4. The molecule has 8 rings (SSSR count). The summed E-state index contributed by atoms with van der Waals surface area (Å²) in [6, 6.07) is 53.1. The van der Waals surface area contributed by atoms with Gasteiger partial charge >= 0.3 is 6.18 Å². The predicted octanol–water partition coefficient (Wildman–Crippen LogP) is 14.4. The van der Waals surface area contributed by atoms with Crippen molar-refractivity contribution in [2.24, 2.45) is 0 Å². The lowest BCUT2D eigenvalue weighted by Crippen LogP contribution is -2.07. The van der Waals surface area contributed by atoms with Crippen LogP contribution in [0.15, 0.2) is 199 Å². The van der Waals surface area contributed by atoms with Gasteiger partial charge in [0.2, 0.25) is 0 Å². The van der Waals surface area contributed by atoms with Crippen molar-refractivity contribution in [3.63, 3.8) is 0 Å². The lowest BCUT2D eigenvalue weighted by molar-refractivity contribution is -0.385. The van der Waals surface area contributed by atoms with Crippen molar-refractivity contribution in [1.82, 2.24) is 0 Å². The highest BCUT2D eigenvalue weighted by Gasteiger charge is 2.30. The first-order valence-corrected chi connectivity index (χ1v) is 21.1. The number of halogens is 3. The van der Waals surface area contributed by atoms with E-state index in [9.17, 15) is 53.6 Å². The van der Waals surface area contributed by atoms with Crippen LogP contribution in [-0.4, -0.2) is 40.9 Å². The average Bonchev–Trinajstić information content (AvgIpc) is 3.37. The van der Waals surface area contributed by atoms with Crippen LogP contribution in [-0.2, 0) is 6.18 Å². The molecular weight excluding hydrogens is 928 g/mol. The smallest absolute Gasteiger partial charge is 0.416 e. The van der Waals surface area contributed by atoms with Gasteiger partial charge in [0, 0.05) is 73.2 Å². The molecular formula is C52H42F3N5O9S. The van der Waals surface area contributed by atoms with Crippen molar-refractivity contribution in [3.05, 3.63) is 240 Å². The Morgan fingerprint density at radius 1 is 0.400 bits per heavy atom. The minimum Gasteiger partial charge on any atom is -0.497 e. The second-order valence-electron chi connectivity index (χ2n) is 15.0. The Hall–Kier alpha value is -8.90. The molecule has 0 aliphatic carbocycles. The summed E-state index contributed by atoms with van der Waals surface area (Å²) < 4.78 is 42.2. The Labute approximate surface area is 404 Å². The third kappa shape index (κ3) is 15.1. The van der Waals surface area contributed by atoms with Gasteiger partial charge in [0.05, 0.1) is 32.4 Å². The van der Waals surface area contributed by atoms with Crippen LogP contribution in [0.25, 0.3) is 44.5 Å². The third-order valence-corrected chi connectivity index (χ3v) is 10.5. The molecule has 0 bridgehead atoms. The molecule has 18 heteroatoms. The summed E-state index contributed by atoms with van der Waals surface area (Å²) in [6.45, 7) is 0. The lowest BCUT2D eigenvalue weighted by atomic mass is 10.0. The van der Waals surface area contributed by atoms with E-state index in [2.05, 4.69) is 12.6 Å². The standard InChI is InChI=1S/C14H14N2O2.C13H8F3NO2.C13H11NO3.C12H9NO2S/c1-15(2)13-7-3-11(4-8-13)12-5-9-14(10-6-12)16(17)18;14-13(15,16)11-5-1-9(2-6-11)10-3-7-12(8-4-10)17(18)19;1-17-13-8-4-11(5-9-13)10-2-6-12(7-3-10)14(15)16;14-13(15)11-5-1-9(2-6-11)10-3-7-12(16)8-4-10/h3-10H,1-2H3;1-8H;2-9H,1H3;1-8,16H. The minimum absolute atomic E-state index is 0.0596. The van der Waals surface area contributed by atoms with Gasteiger partial charge < -0.3 is 9.64 Å². The van der Waals surface area contributed by atoms with E-state index in [0.29, 0.717) is 11.1 Å². The minimum atomic E-state index is -4.37. The van der Waals surface area contributed by atoms with Gasteiger partial charge in [-0.1, -0.05) is 48.5 Å². The Bertz CT molecular complexity index is 3000. The first-order valence-electron chi connectivity index (χ1n) is 20.7. The number of hydrogen-bond acceptors (Lipinski definition) is 11. The highest BCUT2D eigenvalue weighted by atomic mass is 32.1. The van der Waals surface area contributed by atoms with Gasteiger partial charge in [0.1, 0.15) is 5.75 Å².